The van der Waals surface area contributed by atoms with E-state index in [0.29, 0.717) is 6.10 Å². The number of rotatable bonds is 4. The van der Waals surface area contributed by atoms with Crippen LogP contribution in [-0.4, -0.2) is 37.2 Å². The van der Waals surface area contributed by atoms with Crippen LogP contribution in [0.4, 0.5) is 5.69 Å². The van der Waals surface area contributed by atoms with E-state index in [1.54, 1.807) is 0 Å². The summed E-state index contributed by atoms with van der Waals surface area (Å²) in [5, 5.41) is 3.51. The molecule has 3 rings (SSSR count). The lowest BCUT2D eigenvalue weighted by molar-refractivity contribution is 0.186. The Kier molecular flexibility index (Phi) is 4.69. The van der Waals surface area contributed by atoms with Gasteiger partial charge in [-0.25, -0.2) is 0 Å². The van der Waals surface area contributed by atoms with Crippen molar-refractivity contribution in [2.45, 2.75) is 45.6 Å². The Hall–Kier alpha value is -1.22. The van der Waals surface area contributed by atoms with Gasteiger partial charge in [0.05, 0.1) is 12.2 Å². The first-order chi connectivity index (χ1) is 10.2. The Balaban J connectivity index is 1.57. The largest absolute Gasteiger partial charge is 0.486 e. The summed E-state index contributed by atoms with van der Waals surface area (Å²) >= 11 is 0. The van der Waals surface area contributed by atoms with Gasteiger partial charge in [0.25, 0.3) is 0 Å². The number of nitrogens with zero attached hydrogens (tertiary/aromatic N) is 1. The molecule has 2 atom stereocenters. The van der Waals surface area contributed by atoms with E-state index in [4.69, 9.17) is 4.74 Å². The molecule has 3 heteroatoms. The number of anilines is 1. The van der Waals surface area contributed by atoms with Crippen LogP contribution in [-0.2, 0) is 6.42 Å². The number of fused-ring (bicyclic) bond motifs is 1. The summed E-state index contributed by atoms with van der Waals surface area (Å²) < 4.78 is 5.97. The number of benzene rings is 1. The summed E-state index contributed by atoms with van der Waals surface area (Å²) in [6.45, 7) is 9.19. The molecule has 1 aromatic carbocycles. The molecule has 0 bridgehead atoms. The Morgan fingerprint density at radius 2 is 2.29 bits per heavy atom. The molecule has 1 saturated heterocycles. The molecule has 1 N–H and O–H groups in total. The van der Waals surface area contributed by atoms with Crippen LogP contribution in [0.25, 0.3) is 0 Å². The monoisotopic (exact) mass is 288 g/mol. The van der Waals surface area contributed by atoms with E-state index in [1.807, 2.05) is 0 Å². The van der Waals surface area contributed by atoms with Gasteiger partial charge in [0.2, 0.25) is 0 Å². The van der Waals surface area contributed by atoms with Crippen molar-refractivity contribution in [3.8, 4) is 5.75 Å². The van der Waals surface area contributed by atoms with Gasteiger partial charge in [-0.2, -0.15) is 0 Å². The Bertz CT molecular complexity index is 474. The first kappa shape index (κ1) is 14.7. The van der Waals surface area contributed by atoms with Crippen LogP contribution in [0.2, 0.25) is 0 Å². The quantitative estimate of drug-likeness (QED) is 0.917. The van der Waals surface area contributed by atoms with Crippen molar-refractivity contribution >= 4 is 5.69 Å². The molecule has 0 radical (unpaired) electrons. The fourth-order valence-corrected chi connectivity index (χ4v) is 3.42. The second-order valence-corrected chi connectivity index (χ2v) is 6.66. The Morgan fingerprint density at radius 1 is 1.38 bits per heavy atom. The van der Waals surface area contributed by atoms with Crippen molar-refractivity contribution in [2.24, 2.45) is 5.92 Å². The molecule has 2 unspecified atom stereocenters. The number of likely N-dealkylation sites (tertiary alicyclic amines) is 1. The highest BCUT2D eigenvalue weighted by atomic mass is 16.5. The molecule has 21 heavy (non-hydrogen) atoms. The molecule has 0 aromatic heterocycles. The molecule has 2 aliphatic rings. The second kappa shape index (κ2) is 6.69. The fourth-order valence-electron chi connectivity index (χ4n) is 3.42. The van der Waals surface area contributed by atoms with Gasteiger partial charge in [-0.15, -0.1) is 0 Å². The highest BCUT2D eigenvalue weighted by Crippen LogP contribution is 2.30. The summed E-state index contributed by atoms with van der Waals surface area (Å²) in [5.74, 6) is 1.88. The van der Waals surface area contributed by atoms with Crippen LogP contribution < -0.4 is 10.1 Å². The molecule has 0 aliphatic carbocycles. The van der Waals surface area contributed by atoms with E-state index in [0.717, 1.165) is 31.1 Å². The van der Waals surface area contributed by atoms with Crippen molar-refractivity contribution in [1.29, 1.82) is 0 Å². The lowest BCUT2D eigenvalue weighted by Crippen LogP contribution is -2.35. The average molecular weight is 288 g/mol. The lowest BCUT2D eigenvalue weighted by atomic mass is 9.99. The lowest BCUT2D eigenvalue weighted by Gasteiger charge is -2.31. The number of hydrogen-bond acceptors (Lipinski definition) is 3. The summed E-state index contributed by atoms with van der Waals surface area (Å²) in [7, 11) is 0. The van der Waals surface area contributed by atoms with Crippen LogP contribution >= 0.6 is 0 Å². The maximum absolute atomic E-state index is 5.97. The van der Waals surface area contributed by atoms with Gasteiger partial charge in [0.15, 0.2) is 0 Å². The second-order valence-electron chi connectivity index (χ2n) is 6.66. The van der Waals surface area contributed by atoms with E-state index in [1.165, 1.54) is 43.7 Å². The molecule has 2 heterocycles. The topological polar surface area (TPSA) is 24.5 Å². The molecular formula is C18H28N2O. The van der Waals surface area contributed by atoms with E-state index < -0.39 is 0 Å². The number of hydrogen-bond donors (Lipinski definition) is 1. The number of ether oxygens (including phenoxy) is 1. The molecule has 1 fully saturated rings. The normalized spacial score (nSPS) is 25.8. The van der Waals surface area contributed by atoms with E-state index in [2.05, 4.69) is 42.3 Å². The van der Waals surface area contributed by atoms with E-state index in [9.17, 15) is 0 Å². The van der Waals surface area contributed by atoms with Crippen LogP contribution in [0.3, 0.4) is 0 Å². The Morgan fingerprint density at radius 3 is 3.10 bits per heavy atom. The first-order valence-corrected chi connectivity index (χ1v) is 8.50. The third-order valence-electron chi connectivity index (χ3n) is 4.77. The van der Waals surface area contributed by atoms with E-state index in [-0.39, 0.29) is 0 Å². The minimum atomic E-state index is 0.318. The first-order valence-electron chi connectivity index (χ1n) is 8.50. The molecular weight excluding hydrogens is 260 g/mol. The molecule has 116 valence electrons. The predicted octanol–water partition coefficient (Wildman–Crippen LogP) is 3.54. The summed E-state index contributed by atoms with van der Waals surface area (Å²) in [6, 6.07) is 6.64. The molecule has 2 aliphatic heterocycles. The summed E-state index contributed by atoms with van der Waals surface area (Å²) in [6.07, 6.45) is 5.27. The van der Waals surface area contributed by atoms with Crippen LogP contribution in [0.1, 0.15) is 38.7 Å². The van der Waals surface area contributed by atoms with Crippen molar-refractivity contribution < 1.29 is 4.74 Å². The summed E-state index contributed by atoms with van der Waals surface area (Å²) in [5.41, 5.74) is 2.59. The minimum Gasteiger partial charge on any atom is -0.486 e. The van der Waals surface area contributed by atoms with Crippen LogP contribution in [0.5, 0.6) is 5.75 Å². The van der Waals surface area contributed by atoms with Gasteiger partial charge in [-0.05, 0) is 55.8 Å². The molecule has 3 nitrogen and oxygen atoms in total. The summed E-state index contributed by atoms with van der Waals surface area (Å²) in [4.78, 5) is 2.62. The Labute approximate surface area is 128 Å². The standard InChI is InChI=1S/C18H28N2O/c1-3-16-12-19-17-11-15(6-7-18(17)21-16)8-10-20-9-4-5-14(2)13-20/h6-7,11,14,16,19H,3-5,8-10,12-13H2,1-2H3. The fraction of sp³-hybridized carbons (Fsp3) is 0.667. The van der Waals surface area contributed by atoms with Gasteiger partial charge >= 0.3 is 0 Å². The minimum absolute atomic E-state index is 0.318. The number of piperidine rings is 1. The van der Waals surface area contributed by atoms with Crippen molar-refractivity contribution in [2.75, 3.05) is 31.5 Å². The third-order valence-corrected chi connectivity index (χ3v) is 4.77. The predicted molar refractivity (Wildman–Crippen MR) is 88.2 cm³/mol. The molecule has 0 amide bonds. The van der Waals surface area contributed by atoms with Crippen LogP contribution in [0, 0.1) is 5.92 Å². The molecule has 0 spiro atoms. The van der Waals surface area contributed by atoms with Crippen molar-refractivity contribution in [3.63, 3.8) is 0 Å². The number of nitrogens with one attached hydrogen (secondary N) is 1. The smallest absolute Gasteiger partial charge is 0.142 e. The maximum atomic E-state index is 5.97. The van der Waals surface area contributed by atoms with Gasteiger partial charge in [0, 0.05) is 13.1 Å². The SMILES string of the molecule is CCC1CNc2cc(CCN3CCCC(C)C3)ccc2O1. The van der Waals surface area contributed by atoms with Crippen molar-refractivity contribution in [3.05, 3.63) is 23.8 Å². The van der Waals surface area contributed by atoms with Gasteiger partial charge in [-0.3, -0.25) is 0 Å². The zero-order valence-electron chi connectivity index (χ0n) is 13.4. The zero-order chi connectivity index (χ0) is 14.7. The van der Waals surface area contributed by atoms with Gasteiger partial charge < -0.3 is 15.0 Å². The van der Waals surface area contributed by atoms with E-state index >= 15 is 0 Å². The van der Waals surface area contributed by atoms with Gasteiger partial charge in [0.1, 0.15) is 11.9 Å². The van der Waals surface area contributed by atoms with Crippen LogP contribution in [0.15, 0.2) is 18.2 Å². The van der Waals surface area contributed by atoms with Gasteiger partial charge in [-0.1, -0.05) is 19.9 Å². The highest BCUT2D eigenvalue weighted by Gasteiger charge is 2.19. The zero-order valence-corrected chi connectivity index (χ0v) is 13.4. The average Bonchev–Trinajstić information content (AvgIpc) is 2.52. The maximum Gasteiger partial charge on any atom is 0.142 e. The molecule has 0 saturated carbocycles. The highest BCUT2D eigenvalue weighted by molar-refractivity contribution is 5.59. The third kappa shape index (κ3) is 3.70. The molecule has 1 aromatic rings. The van der Waals surface area contributed by atoms with Crippen molar-refractivity contribution in [1.82, 2.24) is 4.90 Å².